The fourth-order valence-electron chi connectivity index (χ4n) is 4.78. The van der Waals surface area contributed by atoms with E-state index in [4.69, 9.17) is 9.47 Å². The van der Waals surface area contributed by atoms with Crippen LogP contribution in [0.5, 0.6) is 5.75 Å². The normalized spacial score (nSPS) is 24.1. The van der Waals surface area contributed by atoms with Crippen molar-refractivity contribution in [1.82, 2.24) is 9.80 Å². The molecule has 0 saturated carbocycles. The minimum absolute atomic E-state index is 0.674. The van der Waals surface area contributed by atoms with Crippen LogP contribution in [0.25, 0.3) is 10.8 Å². The zero-order valence-corrected chi connectivity index (χ0v) is 16.0. The van der Waals surface area contributed by atoms with Gasteiger partial charge in [-0.3, -0.25) is 9.80 Å². The Bertz CT molecular complexity index is 748. The second-order valence-corrected chi connectivity index (χ2v) is 7.75. The van der Waals surface area contributed by atoms with Gasteiger partial charge in [0.1, 0.15) is 5.75 Å². The van der Waals surface area contributed by atoms with Gasteiger partial charge in [-0.2, -0.15) is 0 Å². The number of benzene rings is 2. The molecule has 140 valence electrons. The second-order valence-electron chi connectivity index (χ2n) is 7.75. The molecule has 0 aliphatic carbocycles. The summed E-state index contributed by atoms with van der Waals surface area (Å²) in [5, 5.41) is 2.53. The Kier molecular flexibility index (Phi) is 5.44. The number of hydrogen-bond acceptors (Lipinski definition) is 4. The molecule has 3 aliphatic heterocycles. The Morgan fingerprint density at radius 1 is 0.962 bits per heavy atom. The van der Waals surface area contributed by atoms with Crippen LogP contribution in [0.4, 0.5) is 0 Å². The summed E-state index contributed by atoms with van der Waals surface area (Å²) in [4.78, 5) is 5.33. The van der Waals surface area contributed by atoms with E-state index in [1.165, 1.54) is 48.8 Å². The van der Waals surface area contributed by atoms with E-state index in [9.17, 15) is 0 Å². The number of methoxy groups -OCH3 is 2. The lowest BCUT2D eigenvalue weighted by Crippen LogP contribution is -2.45. The van der Waals surface area contributed by atoms with Crippen molar-refractivity contribution in [3.05, 3.63) is 42.0 Å². The lowest BCUT2D eigenvalue weighted by atomic mass is 9.95. The van der Waals surface area contributed by atoms with Gasteiger partial charge in [-0.25, -0.2) is 0 Å². The molecular formula is C22H30N2O2. The molecule has 0 amide bonds. The van der Waals surface area contributed by atoms with Gasteiger partial charge >= 0.3 is 0 Å². The smallest absolute Gasteiger partial charge is 0.126 e. The average molecular weight is 354 g/mol. The molecule has 0 unspecified atom stereocenters. The van der Waals surface area contributed by atoms with E-state index < -0.39 is 0 Å². The fourth-order valence-corrected chi connectivity index (χ4v) is 4.78. The van der Waals surface area contributed by atoms with E-state index in [1.807, 2.05) is 0 Å². The van der Waals surface area contributed by atoms with Crippen LogP contribution in [0.15, 0.2) is 36.4 Å². The van der Waals surface area contributed by atoms with Crippen LogP contribution in [-0.4, -0.2) is 62.8 Å². The summed E-state index contributed by atoms with van der Waals surface area (Å²) < 4.78 is 10.9. The Hall–Kier alpha value is -1.62. The van der Waals surface area contributed by atoms with Gasteiger partial charge in [-0.1, -0.05) is 30.3 Å². The first-order valence-corrected chi connectivity index (χ1v) is 9.78. The van der Waals surface area contributed by atoms with Crippen molar-refractivity contribution >= 4 is 10.8 Å². The first-order valence-electron chi connectivity index (χ1n) is 9.78. The second kappa shape index (κ2) is 7.95. The lowest BCUT2D eigenvalue weighted by Gasteiger charge is -2.35. The van der Waals surface area contributed by atoms with Gasteiger partial charge in [-0.15, -0.1) is 0 Å². The third-order valence-electron chi connectivity index (χ3n) is 6.07. The highest BCUT2D eigenvalue weighted by Gasteiger charge is 2.34. The minimum Gasteiger partial charge on any atom is -0.496 e. The third kappa shape index (κ3) is 3.59. The molecular weight excluding hydrogens is 324 g/mol. The highest BCUT2D eigenvalue weighted by atomic mass is 16.5. The Balaban J connectivity index is 1.54. The molecule has 26 heavy (non-hydrogen) atoms. The van der Waals surface area contributed by atoms with E-state index in [0.29, 0.717) is 6.04 Å². The van der Waals surface area contributed by atoms with Crippen molar-refractivity contribution in [2.75, 3.05) is 47.0 Å². The maximum absolute atomic E-state index is 5.56. The number of rotatable bonds is 6. The summed E-state index contributed by atoms with van der Waals surface area (Å²) in [5.74, 6) is 1.75. The summed E-state index contributed by atoms with van der Waals surface area (Å²) in [5.41, 5.74) is 1.41. The molecule has 3 aliphatic rings. The van der Waals surface area contributed by atoms with Gasteiger partial charge in [0.2, 0.25) is 0 Å². The predicted molar refractivity (Wildman–Crippen MR) is 106 cm³/mol. The highest BCUT2D eigenvalue weighted by Crippen LogP contribution is 2.32. The van der Waals surface area contributed by atoms with Crippen LogP contribution in [0, 0.1) is 5.92 Å². The van der Waals surface area contributed by atoms with Crippen LogP contribution in [0.2, 0.25) is 0 Å². The molecule has 0 spiro atoms. The standard InChI is InChI=1S/C22H30N2O2/c1-25-12-11-24-14-17-7-9-19(24)16-23(13-17)15-18-8-10-22(26-2)21-6-4-3-5-20(18)21/h3-6,8,10,17,19H,7,9,11-16H2,1-2H3/t17-,19+/m0/s1. The van der Waals surface area contributed by atoms with Crippen molar-refractivity contribution in [2.45, 2.75) is 25.4 Å². The first-order chi connectivity index (χ1) is 12.8. The van der Waals surface area contributed by atoms with E-state index in [2.05, 4.69) is 46.2 Å². The van der Waals surface area contributed by atoms with Crippen molar-refractivity contribution < 1.29 is 9.47 Å². The number of nitrogens with zero attached hydrogens (tertiary/aromatic N) is 2. The predicted octanol–water partition coefficient (Wildman–Crippen LogP) is 3.39. The van der Waals surface area contributed by atoms with E-state index >= 15 is 0 Å². The molecule has 4 heteroatoms. The molecule has 4 nitrogen and oxygen atoms in total. The molecule has 2 aromatic carbocycles. The molecule has 3 heterocycles. The highest BCUT2D eigenvalue weighted by molar-refractivity contribution is 5.91. The SMILES string of the molecule is COCCN1C[C@H]2CC[C@@H]1CN(Cc1ccc(OC)c3ccccc13)C2. The minimum atomic E-state index is 0.674. The van der Waals surface area contributed by atoms with Gasteiger partial charge in [0.05, 0.1) is 13.7 Å². The maximum Gasteiger partial charge on any atom is 0.126 e. The third-order valence-corrected chi connectivity index (χ3v) is 6.07. The Morgan fingerprint density at radius 2 is 1.81 bits per heavy atom. The topological polar surface area (TPSA) is 24.9 Å². The van der Waals surface area contributed by atoms with E-state index in [1.54, 1.807) is 14.2 Å². The van der Waals surface area contributed by atoms with Crippen LogP contribution >= 0.6 is 0 Å². The molecule has 3 saturated heterocycles. The summed E-state index contributed by atoms with van der Waals surface area (Å²) >= 11 is 0. The van der Waals surface area contributed by atoms with Crippen molar-refractivity contribution in [3.63, 3.8) is 0 Å². The molecule has 0 N–H and O–H groups in total. The number of hydrogen-bond donors (Lipinski definition) is 0. The zero-order valence-electron chi connectivity index (χ0n) is 16.0. The van der Waals surface area contributed by atoms with Gasteiger partial charge in [-0.05, 0) is 35.8 Å². The van der Waals surface area contributed by atoms with Crippen LogP contribution in [0.3, 0.4) is 0 Å². The molecule has 2 aromatic rings. The Morgan fingerprint density at radius 3 is 2.62 bits per heavy atom. The van der Waals surface area contributed by atoms with Gasteiger partial charge in [0, 0.05) is 51.3 Å². The monoisotopic (exact) mass is 354 g/mol. The van der Waals surface area contributed by atoms with Gasteiger partial charge < -0.3 is 9.47 Å². The van der Waals surface area contributed by atoms with Gasteiger partial charge in [0.15, 0.2) is 0 Å². The van der Waals surface area contributed by atoms with Crippen molar-refractivity contribution in [3.8, 4) is 5.75 Å². The van der Waals surface area contributed by atoms with Crippen LogP contribution in [-0.2, 0) is 11.3 Å². The lowest BCUT2D eigenvalue weighted by molar-refractivity contribution is 0.0867. The number of fused-ring (bicyclic) bond motifs is 5. The number of piperidine rings is 1. The quantitative estimate of drug-likeness (QED) is 0.794. The van der Waals surface area contributed by atoms with E-state index in [-0.39, 0.29) is 0 Å². The summed E-state index contributed by atoms with van der Waals surface area (Å²) in [7, 11) is 3.56. The fraction of sp³-hybridized carbons (Fsp3) is 0.545. The maximum atomic E-state index is 5.56. The first kappa shape index (κ1) is 17.8. The molecule has 2 atom stereocenters. The summed E-state index contributed by atoms with van der Waals surface area (Å²) in [6.45, 7) is 6.54. The zero-order chi connectivity index (χ0) is 17.9. The Labute approximate surface area is 156 Å². The summed E-state index contributed by atoms with van der Waals surface area (Å²) in [6, 6.07) is 13.7. The van der Waals surface area contributed by atoms with Gasteiger partial charge in [0.25, 0.3) is 0 Å². The molecule has 0 aromatic heterocycles. The van der Waals surface area contributed by atoms with Crippen LogP contribution in [0.1, 0.15) is 18.4 Å². The van der Waals surface area contributed by atoms with Crippen molar-refractivity contribution in [2.24, 2.45) is 5.92 Å². The largest absolute Gasteiger partial charge is 0.496 e. The molecule has 0 radical (unpaired) electrons. The molecule has 5 rings (SSSR count). The van der Waals surface area contributed by atoms with Crippen molar-refractivity contribution in [1.29, 1.82) is 0 Å². The molecule has 2 bridgehead atoms. The summed E-state index contributed by atoms with van der Waals surface area (Å²) in [6.07, 6.45) is 2.70. The molecule has 3 fully saturated rings. The average Bonchev–Trinajstić information content (AvgIpc) is 2.97. The van der Waals surface area contributed by atoms with Crippen LogP contribution < -0.4 is 4.74 Å². The number of ether oxygens (including phenoxy) is 2. The van der Waals surface area contributed by atoms with E-state index in [0.717, 1.165) is 31.4 Å².